The van der Waals surface area contributed by atoms with Crippen LogP contribution in [0.4, 0.5) is 5.69 Å². The van der Waals surface area contributed by atoms with Crippen molar-refractivity contribution in [2.75, 3.05) is 19.5 Å². The van der Waals surface area contributed by atoms with Crippen molar-refractivity contribution in [2.45, 2.75) is 25.0 Å². The first-order valence-corrected chi connectivity index (χ1v) is 7.94. The van der Waals surface area contributed by atoms with Gasteiger partial charge in [0, 0.05) is 6.07 Å². The van der Waals surface area contributed by atoms with E-state index in [2.05, 4.69) is 5.32 Å². The Morgan fingerprint density at radius 2 is 1.79 bits per heavy atom. The van der Waals surface area contributed by atoms with Crippen molar-refractivity contribution in [1.29, 1.82) is 0 Å². The average Bonchev–Trinajstić information content (AvgIpc) is 3.16. The number of carbonyl (C=O) groups is 2. The topological polar surface area (TPSA) is 94.1 Å². The molecule has 8 heteroatoms. The van der Waals surface area contributed by atoms with Crippen LogP contribution in [0.2, 0.25) is 5.02 Å². The van der Waals surface area contributed by atoms with Crippen LogP contribution in [0.15, 0.2) is 12.1 Å². The van der Waals surface area contributed by atoms with E-state index in [1.165, 1.54) is 20.3 Å². The molecule has 4 atom stereocenters. The van der Waals surface area contributed by atoms with Crippen molar-refractivity contribution in [3.8, 4) is 11.5 Å². The molecule has 1 aromatic carbocycles. The number of benzene rings is 1. The Hall–Kier alpha value is -1.99. The summed E-state index contributed by atoms with van der Waals surface area (Å²) in [6.45, 7) is 0. The molecule has 0 saturated carbocycles. The van der Waals surface area contributed by atoms with Gasteiger partial charge in [0.1, 0.15) is 11.5 Å². The number of amides is 1. The molecule has 2 aliphatic rings. The number of nitrogens with one attached hydrogen (secondary N) is 1. The zero-order valence-corrected chi connectivity index (χ0v) is 14.0. The second-order valence-electron chi connectivity index (χ2n) is 5.86. The molecule has 0 radical (unpaired) electrons. The first-order valence-electron chi connectivity index (χ1n) is 7.57. The SMILES string of the molecule is COc1cc(OC)c(NC(=O)[C@@H]2[C@@H](C(=O)O)[C@@H]3CC[C@@H]2O3)cc1Cl. The molecule has 2 bridgehead atoms. The Morgan fingerprint density at radius 1 is 1.17 bits per heavy atom. The zero-order chi connectivity index (χ0) is 17.4. The van der Waals surface area contributed by atoms with Crippen molar-refractivity contribution < 1.29 is 28.9 Å². The van der Waals surface area contributed by atoms with E-state index >= 15 is 0 Å². The molecule has 0 unspecified atom stereocenters. The van der Waals surface area contributed by atoms with Gasteiger partial charge in [-0.1, -0.05) is 11.6 Å². The summed E-state index contributed by atoms with van der Waals surface area (Å²) in [6.07, 6.45) is 0.594. The minimum absolute atomic E-state index is 0.313. The van der Waals surface area contributed by atoms with E-state index in [0.717, 1.165) is 0 Å². The fourth-order valence-corrected chi connectivity index (χ4v) is 3.74. The third-order valence-corrected chi connectivity index (χ3v) is 4.89. The lowest BCUT2D eigenvalue weighted by Gasteiger charge is -2.24. The second-order valence-corrected chi connectivity index (χ2v) is 6.26. The summed E-state index contributed by atoms with van der Waals surface area (Å²) in [5, 5.41) is 12.4. The van der Waals surface area contributed by atoms with Gasteiger partial charge in [-0.25, -0.2) is 0 Å². The maximum absolute atomic E-state index is 12.7. The molecule has 3 rings (SSSR count). The van der Waals surface area contributed by atoms with Gasteiger partial charge in [0.05, 0.1) is 49.0 Å². The van der Waals surface area contributed by atoms with Gasteiger partial charge >= 0.3 is 5.97 Å². The number of rotatable bonds is 5. The Labute approximate surface area is 143 Å². The van der Waals surface area contributed by atoms with Gasteiger partial charge in [-0.2, -0.15) is 0 Å². The fraction of sp³-hybridized carbons (Fsp3) is 0.500. The molecule has 2 saturated heterocycles. The number of carboxylic acid groups (broad SMARTS) is 1. The summed E-state index contributed by atoms with van der Waals surface area (Å²) in [7, 11) is 2.93. The number of halogens is 1. The first-order chi connectivity index (χ1) is 11.5. The standard InChI is InChI=1S/C16H18ClNO6/c1-22-11-6-12(23-2)8(5-7(11)17)18-15(19)13-9-3-4-10(24-9)14(13)16(20)21/h5-6,9-10,13-14H,3-4H2,1-2H3,(H,18,19)(H,20,21)/t9-,10-,13-,14-/m0/s1. The van der Waals surface area contributed by atoms with Crippen LogP contribution in [-0.4, -0.2) is 43.4 Å². The summed E-state index contributed by atoms with van der Waals surface area (Å²) in [5.74, 6) is -2.19. The summed E-state index contributed by atoms with van der Waals surface area (Å²) in [6, 6.07) is 3.07. The Balaban J connectivity index is 1.84. The van der Waals surface area contributed by atoms with Crippen molar-refractivity contribution in [1.82, 2.24) is 0 Å². The number of carbonyl (C=O) groups excluding carboxylic acids is 1. The molecular formula is C16H18ClNO6. The van der Waals surface area contributed by atoms with Crippen molar-refractivity contribution in [3.05, 3.63) is 17.2 Å². The molecule has 2 N–H and O–H groups in total. The first kappa shape index (κ1) is 16.9. The zero-order valence-electron chi connectivity index (χ0n) is 13.2. The minimum atomic E-state index is -1.01. The molecule has 0 spiro atoms. The Kier molecular flexibility index (Phi) is 4.56. The number of methoxy groups -OCH3 is 2. The molecule has 7 nitrogen and oxygen atoms in total. The van der Waals surface area contributed by atoms with Crippen molar-refractivity contribution >= 4 is 29.2 Å². The van der Waals surface area contributed by atoms with Gasteiger partial charge < -0.3 is 24.6 Å². The summed E-state index contributed by atoms with van der Waals surface area (Å²) in [4.78, 5) is 24.2. The highest BCUT2D eigenvalue weighted by Gasteiger charge is 2.55. The highest BCUT2D eigenvalue weighted by Crippen LogP contribution is 2.44. The molecule has 2 heterocycles. The summed E-state index contributed by atoms with van der Waals surface area (Å²) >= 11 is 6.09. The molecule has 2 fully saturated rings. The van der Waals surface area contributed by atoms with E-state index in [1.807, 2.05) is 0 Å². The third-order valence-electron chi connectivity index (χ3n) is 4.59. The Morgan fingerprint density at radius 3 is 2.38 bits per heavy atom. The number of anilines is 1. The van der Waals surface area contributed by atoms with E-state index < -0.39 is 29.8 Å². The highest BCUT2D eigenvalue weighted by atomic mass is 35.5. The third kappa shape index (κ3) is 2.78. The summed E-state index contributed by atoms with van der Waals surface area (Å²) in [5.41, 5.74) is 0.361. The van der Waals surface area contributed by atoms with Crippen LogP contribution in [0, 0.1) is 11.8 Å². The minimum Gasteiger partial charge on any atom is -0.495 e. The molecule has 0 aromatic heterocycles. The number of ether oxygens (including phenoxy) is 3. The molecule has 2 aliphatic heterocycles. The van der Waals surface area contributed by atoms with Crippen LogP contribution in [0.1, 0.15) is 12.8 Å². The second kappa shape index (κ2) is 6.49. The van der Waals surface area contributed by atoms with Gasteiger partial charge in [-0.15, -0.1) is 0 Å². The van der Waals surface area contributed by atoms with Crippen LogP contribution in [0.5, 0.6) is 11.5 Å². The smallest absolute Gasteiger partial charge is 0.310 e. The number of carboxylic acids is 1. The van der Waals surface area contributed by atoms with Crippen LogP contribution in [-0.2, 0) is 14.3 Å². The molecule has 130 valence electrons. The van der Waals surface area contributed by atoms with E-state index in [1.54, 1.807) is 6.07 Å². The van der Waals surface area contributed by atoms with E-state index in [-0.39, 0.29) is 6.10 Å². The van der Waals surface area contributed by atoms with Crippen molar-refractivity contribution in [3.63, 3.8) is 0 Å². The predicted octanol–water partition coefficient (Wildman–Crippen LogP) is 2.17. The summed E-state index contributed by atoms with van der Waals surface area (Å²) < 4.78 is 16.0. The van der Waals surface area contributed by atoms with Crippen LogP contribution in [0.3, 0.4) is 0 Å². The van der Waals surface area contributed by atoms with E-state index in [4.69, 9.17) is 25.8 Å². The molecule has 24 heavy (non-hydrogen) atoms. The highest BCUT2D eigenvalue weighted by molar-refractivity contribution is 6.32. The van der Waals surface area contributed by atoms with Crippen LogP contribution >= 0.6 is 11.6 Å². The average molecular weight is 356 g/mol. The number of hydrogen-bond acceptors (Lipinski definition) is 5. The monoisotopic (exact) mass is 355 g/mol. The fourth-order valence-electron chi connectivity index (χ4n) is 3.50. The van der Waals surface area contributed by atoms with Gasteiger partial charge in [0.15, 0.2) is 0 Å². The quantitative estimate of drug-likeness (QED) is 0.840. The molecule has 1 amide bonds. The molecular weight excluding hydrogens is 338 g/mol. The maximum atomic E-state index is 12.7. The predicted molar refractivity (Wildman–Crippen MR) is 85.7 cm³/mol. The normalized spacial score (nSPS) is 27.8. The number of aliphatic carboxylic acids is 1. The molecule has 0 aliphatic carbocycles. The van der Waals surface area contributed by atoms with Crippen molar-refractivity contribution in [2.24, 2.45) is 11.8 Å². The van der Waals surface area contributed by atoms with Gasteiger partial charge in [-0.05, 0) is 18.9 Å². The van der Waals surface area contributed by atoms with E-state index in [0.29, 0.717) is 35.1 Å². The maximum Gasteiger partial charge on any atom is 0.310 e. The Bertz CT molecular complexity index is 679. The van der Waals surface area contributed by atoms with Gasteiger partial charge in [-0.3, -0.25) is 9.59 Å². The van der Waals surface area contributed by atoms with Crippen LogP contribution in [0.25, 0.3) is 0 Å². The van der Waals surface area contributed by atoms with Gasteiger partial charge in [0.25, 0.3) is 0 Å². The van der Waals surface area contributed by atoms with Gasteiger partial charge in [0.2, 0.25) is 5.91 Å². The van der Waals surface area contributed by atoms with E-state index in [9.17, 15) is 14.7 Å². The lowest BCUT2D eigenvalue weighted by Crippen LogP contribution is -2.41. The largest absolute Gasteiger partial charge is 0.495 e. The lowest BCUT2D eigenvalue weighted by molar-refractivity contribution is -0.147. The van der Waals surface area contributed by atoms with Crippen LogP contribution < -0.4 is 14.8 Å². The molecule has 1 aromatic rings. The number of fused-ring (bicyclic) bond motifs is 2. The lowest BCUT2D eigenvalue weighted by atomic mass is 9.78. The number of hydrogen-bond donors (Lipinski definition) is 2.